The molecule has 35 heavy (non-hydrogen) atoms. The Bertz CT molecular complexity index is 870. The Morgan fingerprint density at radius 1 is 1.20 bits per heavy atom. The number of rotatable bonds is 7. The Morgan fingerprint density at radius 2 is 1.91 bits per heavy atom. The van der Waals surface area contributed by atoms with Crippen LogP contribution in [0.15, 0.2) is 35.5 Å². The van der Waals surface area contributed by atoms with E-state index < -0.39 is 23.9 Å². The van der Waals surface area contributed by atoms with Gasteiger partial charge in [-0.15, -0.1) is 5.92 Å². The van der Waals surface area contributed by atoms with E-state index in [1.54, 1.807) is 0 Å². The lowest BCUT2D eigenvalue weighted by atomic mass is 9.60. The highest BCUT2D eigenvalue weighted by Crippen LogP contribution is 2.59. The van der Waals surface area contributed by atoms with Gasteiger partial charge in [-0.25, -0.2) is 0 Å². The fourth-order valence-electron chi connectivity index (χ4n) is 7.04. The van der Waals surface area contributed by atoms with Gasteiger partial charge in [-0.05, 0) is 92.1 Å². The maximum atomic E-state index is 10.9. The van der Waals surface area contributed by atoms with Crippen molar-refractivity contribution in [3.63, 3.8) is 0 Å². The minimum atomic E-state index is -0.655. The Labute approximate surface area is 213 Å². The number of allylic oxidation sites excluding steroid dienone is 3. The Morgan fingerprint density at radius 3 is 2.60 bits per heavy atom. The maximum Gasteiger partial charge on any atom is 0.117 e. The first-order chi connectivity index (χ1) is 16.5. The second kappa shape index (κ2) is 11.8. The van der Waals surface area contributed by atoms with Crippen LogP contribution >= 0.6 is 0 Å². The summed E-state index contributed by atoms with van der Waals surface area (Å²) in [5, 5.41) is 41.6. The molecule has 196 valence electrons. The second-order valence-electron chi connectivity index (χ2n) is 11.7. The van der Waals surface area contributed by atoms with Crippen LogP contribution in [0, 0.1) is 35.0 Å². The first-order valence-electron chi connectivity index (χ1n) is 13.9. The average molecular weight is 485 g/mol. The molecule has 0 amide bonds. The topological polar surface area (TPSA) is 80.9 Å². The molecule has 3 aliphatic carbocycles. The quantitative estimate of drug-likeness (QED) is 0.362. The molecule has 0 aromatic rings. The van der Waals surface area contributed by atoms with Gasteiger partial charge >= 0.3 is 0 Å². The van der Waals surface area contributed by atoms with E-state index in [-0.39, 0.29) is 11.3 Å². The van der Waals surface area contributed by atoms with Gasteiger partial charge in [0.1, 0.15) is 6.10 Å². The Balaban J connectivity index is 1.68. The Hall–Kier alpha value is -1.38. The zero-order chi connectivity index (χ0) is 25.8. The van der Waals surface area contributed by atoms with Gasteiger partial charge in [0.05, 0.1) is 17.8 Å². The van der Waals surface area contributed by atoms with Crippen molar-refractivity contribution < 1.29 is 20.4 Å². The Kier molecular flexibility index (Phi) is 9.49. The standard InChI is InChI=1S/C31H48O4/c1-6-31(35,7-2)18-9-8-12-28(33)22(4)26-15-16-27-23(11-10-17-30(26,27)5)13-14-24-19-25(32)20-29(34)21(24)3/h13-14,22,25-29,32-35H,3,6-7,9-11,15-20H2,1-2,4-5H3/b23-13+,24-14-/t22-,25-,26-,27+,28-,29+,30-/m1/s1. The van der Waals surface area contributed by atoms with Gasteiger partial charge in [0.15, 0.2) is 0 Å². The van der Waals surface area contributed by atoms with Crippen LogP contribution in [0.4, 0.5) is 0 Å². The molecular weight excluding hydrogens is 436 g/mol. The number of hydrogen-bond acceptors (Lipinski definition) is 4. The molecule has 0 aromatic heterocycles. The largest absolute Gasteiger partial charge is 0.393 e. The summed E-state index contributed by atoms with van der Waals surface area (Å²) in [5.41, 5.74) is 2.67. The van der Waals surface area contributed by atoms with Crippen LogP contribution in [0.2, 0.25) is 0 Å². The number of aliphatic hydroxyl groups excluding tert-OH is 3. The molecule has 0 spiro atoms. The first kappa shape index (κ1) is 28.2. The third-order valence-electron chi connectivity index (χ3n) is 9.72. The molecule has 3 saturated carbocycles. The lowest BCUT2D eigenvalue weighted by molar-refractivity contribution is 0.0250. The molecule has 4 nitrogen and oxygen atoms in total. The molecule has 0 bridgehead atoms. The predicted molar refractivity (Wildman–Crippen MR) is 142 cm³/mol. The summed E-state index contributed by atoms with van der Waals surface area (Å²) in [6.07, 6.45) is 11.8. The molecule has 3 fully saturated rings. The lowest BCUT2D eigenvalue weighted by Gasteiger charge is -2.44. The summed E-state index contributed by atoms with van der Waals surface area (Å²) in [6, 6.07) is 0. The van der Waals surface area contributed by atoms with Crippen molar-refractivity contribution in [2.24, 2.45) is 23.2 Å². The monoisotopic (exact) mass is 484 g/mol. The van der Waals surface area contributed by atoms with Crippen molar-refractivity contribution in [2.75, 3.05) is 0 Å². The highest BCUT2D eigenvalue weighted by molar-refractivity contribution is 5.38. The van der Waals surface area contributed by atoms with E-state index in [1.807, 2.05) is 13.8 Å². The summed E-state index contributed by atoms with van der Waals surface area (Å²) in [6.45, 7) is 12.6. The molecule has 0 aromatic carbocycles. The number of fused-ring (bicyclic) bond motifs is 1. The van der Waals surface area contributed by atoms with E-state index >= 15 is 0 Å². The molecule has 0 radical (unpaired) electrons. The van der Waals surface area contributed by atoms with E-state index in [0.717, 1.165) is 49.7 Å². The highest BCUT2D eigenvalue weighted by Gasteiger charge is 2.51. The zero-order valence-electron chi connectivity index (χ0n) is 22.4. The number of hydrogen-bond donors (Lipinski definition) is 4. The zero-order valence-corrected chi connectivity index (χ0v) is 22.4. The molecule has 4 heteroatoms. The summed E-state index contributed by atoms with van der Waals surface area (Å²) in [5.74, 6) is 7.27. The van der Waals surface area contributed by atoms with Crippen molar-refractivity contribution in [2.45, 2.75) is 122 Å². The molecule has 4 N–H and O–H groups in total. The van der Waals surface area contributed by atoms with Crippen LogP contribution in [0.25, 0.3) is 0 Å². The predicted octanol–water partition coefficient (Wildman–Crippen LogP) is 5.46. The van der Waals surface area contributed by atoms with Gasteiger partial charge < -0.3 is 20.4 Å². The van der Waals surface area contributed by atoms with Crippen molar-refractivity contribution >= 4 is 0 Å². The molecule has 7 atom stereocenters. The van der Waals surface area contributed by atoms with Crippen molar-refractivity contribution in [3.8, 4) is 11.8 Å². The molecule has 0 aliphatic heterocycles. The fraction of sp³-hybridized carbons (Fsp3) is 0.742. The van der Waals surface area contributed by atoms with Crippen molar-refractivity contribution in [3.05, 3.63) is 35.5 Å². The van der Waals surface area contributed by atoms with Gasteiger partial charge in [0.2, 0.25) is 0 Å². The van der Waals surface area contributed by atoms with Gasteiger partial charge in [0, 0.05) is 12.8 Å². The maximum absolute atomic E-state index is 10.9. The minimum Gasteiger partial charge on any atom is -0.393 e. The van der Waals surface area contributed by atoms with Gasteiger partial charge in [-0.1, -0.05) is 57.9 Å². The smallest absolute Gasteiger partial charge is 0.117 e. The van der Waals surface area contributed by atoms with Crippen LogP contribution in [-0.2, 0) is 0 Å². The fourth-order valence-corrected chi connectivity index (χ4v) is 7.04. The SMILES string of the molecule is C=C1/C(=C\C=C2/CCC[C@]3(C)[C@@H]([C@@H](C)[C@H](O)C#CCCC(O)(CC)CC)CC[C@@H]23)C[C@@H](O)C[C@@H]1O. The third kappa shape index (κ3) is 6.31. The summed E-state index contributed by atoms with van der Waals surface area (Å²) in [7, 11) is 0. The average Bonchev–Trinajstić information content (AvgIpc) is 3.19. The molecular formula is C31H48O4. The van der Waals surface area contributed by atoms with Gasteiger partial charge in [-0.3, -0.25) is 0 Å². The van der Waals surface area contributed by atoms with E-state index in [0.29, 0.717) is 37.5 Å². The van der Waals surface area contributed by atoms with Crippen LogP contribution in [-0.4, -0.2) is 44.3 Å². The van der Waals surface area contributed by atoms with Crippen LogP contribution < -0.4 is 0 Å². The summed E-state index contributed by atoms with van der Waals surface area (Å²) in [4.78, 5) is 0. The molecule has 0 heterocycles. The van der Waals surface area contributed by atoms with E-state index in [4.69, 9.17) is 0 Å². The lowest BCUT2D eigenvalue weighted by Crippen LogP contribution is -2.39. The second-order valence-corrected chi connectivity index (χ2v) is 11.7. The van der Waals surface area contributed by atoms with E-state index in [2.05, 4.69) is 44.4 Å². The minimum absolute atomic E-state index is 0.106. The van der Waals surface area contributed by atoms with Crippen molar-refractivity contribution in [1.29, 1.82) is 0 Å². The normalized spacial score (nSPS) is 35.5. The molecule has 0 saturated heterocycles. The van der Waals surface area contributed by atoms with E-state index in [9.17, 15) is 20.4 Å². The van der Waals surface area contributed by atoms with Crippen LogP contribution in [0.5, 0.6) is 0 Å². The number of aliphatic hydroxyl groups is 4. The molecule has 0 unspecified atom stereocenters. The van der Waals surface area contributed by atoms with Gasteiger partial charge in [-0.2, -0.15) is 0 Å². The summed E-state index contributed by atoms with van der Waals surface area (Å²) < 4.78 is 0. The van der Waals surface area contributed by atoms with E-state index in [1.165, 1.54) is 12.0 Å². The molecule has 3 aliphatic rings. The summed E-state index contributed by atoms with van der Waals surface area (Å²) >= 11 is 0. The highest BCUT2D eigenvalue weighted by atomic mass is 16.3. The van der Waals surface area contributed by atoms with Crippen LogP contribution in [0.3, 0.4) is 0 Å². The van der Waals surface area contributed by atoms with Crippen LogP contribution in [0.1, 0.15) is 98.3 Å². The first-order valence-corrected chi connectivity index (χ1v) is 13.9. The van der Waals surface area contributed by atoms with Gasteiger partial charge in [0.25, 0.3) is 0 Å². The third-order valence-corrected chi connectivity index (χ3v) is 9.72. The van der Waals surface area contributed by atoms with Crippen molar-refractivity contribution in [1.82, 2.24) is 0 Å². The molecule has 3 rings (SSSR count).